The molecule has 0 aliphatic carbocycles. The van der Waals surface area contributed by atoms with Crippen molar-refractivity contribution >= 4 is 0 Å². The summed E-state index contributed by atoms with van der Waals surface area (Å²) in [6.07, 6.45) is 0.839. The van der Waals surface area contributed by atoms with E-state index in [0.29, 0.717) is 13.2 Å². The van der Waals surface area contributed by atoms with E-state index in [1.54, 1.807) is 18.2 Å². The molecule has 1 atom stereocenters. The van der Waals surface area contributed by atoms with Gasteiger partial charge in [-0.3, -0.25) is 0 Å². The number of hydrogen-bond donors (Lipinski definition) is 1. The van der Waals surface area contributed by atoms with Crippen LogP contribution < -0.4 is 10.5 Å². The number of benzene rings is 2. The van der Waals surface area contributed by atoms with Crippen LogP contribution in [0.4, 0.5) is 4.39 Å². The summed E-state index contributed by atoms with van der Waals surface area (Å²) in [6.45, 7) is 0.940. The zero-order valence-electron chi connectivity index (χ0n) is 10.8. The lowest BCUT2D eigenvalue weighted by molar-refractivity contribution is 0.242. The van der Waals surface area contributed by atoms with Gasteiger partial charge in [0.2, 0.25) is 0 Å². The Balaban J connectivity index is 1.91. The van der Waals surface area contributed by atoms with Crippen molar-refractivity contribution in [2.45, 2.75) is 6.42 Å². The van der Waals surface area contributed by atoms with Crippen LogP contribution in [0.1, 0.15) is 5.56 Å². The van der Waals surface area contributed by atoms with Gasteiger partial charge in [-0.15, -0.1) is 0 Å². The average Bonchev–Trinajstić information content (AvgIpc) is 2.46. The predicted molar refractivity (Wildman–Crippen MR) is 74.6 cm³/mol. The maximum atomic E-state index is 13.4. The highest BCUT2D eigenvalue weighted by molar-refractivity contribution is 5.23. The quantitative estimate of drug-likeness (QED) is 0.865. The van der Waals surface area contributed by atoms with Gasteiger partial charge in [0, 0.05) is 5.92 Å². The molecule has 100 valence electrons. The smallest absolute Gasteiger partial charge is 0.165 e. The number of rotatable bonds is 6. The van der Waals surface area contributed by atoms with Crippen molar-refractivity contribution in [3.05, 3.63) is 66.0 Å². The third kappa shape index (κ3) is 4.07. The Morgan fingerprint density at radius 1 is 1.00 bits per heavy atom. The molecule has 2 aromatic carbocycles. The molecule has 1 unspecified atom stereocenters. The average molecular weight is 259 g/mol. The van der Waals surface area contributed by atoms with Gasteiger partial charge in [-0.05, 0) is 30.7 Å². The van der Waals surface area contributed by atoms with Crippen molar-refractivity contribution in [3.63, 3.8) is 0 Å². The molecule has 2 nitrogen and oxygen atoms in total. The minimum absolute atomic E-state index is 0.182. The summed E-state index contributed by atoms with van der Waals surface area (Å²) < 4.78 is 18.9. The van der Waals surface area contributed by atoms with Crippen LogP contribution in [-0.4, -0.2) is 13.2 Å². The molecule has 2 aromatic rings. The lowest BCUT2D eigenvalue weighted by Gasteiger charge is -2.16. The van der Waals surface area contributed by atoms with Gasteiger partial charge in [0.25, 0.3) is 0 Å². The summed E-state index contributed by atoms with van der Waals surface area (Å²) in [5, 5.41) is 0. The van der Waals surface area contributed by atoms with Crippen molar-refractivity contribution in [1.82, 2.24) is 0 Å². The zero-order valence-corrected chi connectivity index (χ0v) is 10.8. The predicted octanol–water partition coefficient (Wildman–Crippen LogP) is 3.02. The highest BCUT2D eigenvalue weighted by Crippen LogP contribution is 2.17. The summed E-state index contributed by atoms with van der Waals surface area (Å²) in [4.78, 5) is 0. The van der Waals surface area contributed by atoms with E-state index in [2.05, 4.69) is 12.1 Å². The molecule has 19 heavy (non-hydrogen) atoms. The van der Waals surface area contributed by atoms with Gasteiger partial charge < -0.3 is 10.5 Å². The van der Waals surface area contributed by atoms with Crippen LogP contribution in [-0.2, 0) is 6.42 Å². The van der Waals surface area contributed by atoms with E-state index < -0.39 is 0 Å². The standard InChI is InChI=1S/C16H18FNO/c17-15-8-4-5-9-16(15)19-12-14(11-18)10-13-6-2-1-3-7-13/h1-9,14H,10-12,18H2. The highest BCUT2D eigenvalue weighted by atomic mass is 19.1. The molecule has 0 bridgehead atoms. The topological polar surface area (TPSA) is 35.2 Å². The molecule has 0 aromatic heterocycles. The second-order valence-electron chi connectivity index (χ2n) is 4.53. The molecule has 0 radical (unpaired) electrons. The fourth-order valence-corrected chi connectivity index (χ4v) is 1.93. The molecule has 2 N–H and O–H groups in total. The van der Waals surface area contributed by atoms with E-state index >= 15 is 0 Å². The third-order valence-corrected chi connectivity index (χ3v) is 3.01. The van der Waals surface area contributed by atoms with E-state index in [1.807, 2.05) is 18.2 Å². The summed E-state index contributed by atoms with van der Waals surface area (Å²) in [6, 6.07) is 16.5. The van der Waals surface area contributed by atoms with Crippen molar-refractivity contribution < 1.29 is 9.13 Å². The van der Waals surface area contributed by atoms with Crippen LogP contribution in [0, 0.1) is 11.7 Å². The van der Waals surface area contributed by atoms with Crippen LogP contribution >= 0.6 is 0 Å². The Bertz CT molecular complexity index is 501. The summed E-state index contributed by atoms with van der Waals surface area (Å²) in [5.74, 6) is 0.133. The van der Waals surface area contributed by atoms with Gasteiger partial charge in [0.15, 0.2) is 11.6 Å². The Hall–Kier alpha value is -1.87. The van der Waals surface area contributed by atoms with E-state index in [-0.39, 0.29) is 17.5 Å². The highest BCUT2D eigenvalue weighted by Gasteiger charge is 2.10. The Morgan fingerprint density at radius 2 is 1.68 bits per heavy atom. The van der Waals surface area contributed by atoms with Crippen LogP contribution in [0.2, 0.25) is 0 Å². The Labute approximate surface area is 113 Å². The minimum atomic E-state index is -0.335. The van der Waals surface area contributed by atoms with Gasteiger partial charge in [-0.2, -0.15) is 0 Å². The molecule has 0 amide bonds. The largest absolute Gasteiger partial charge is 0.490 e. The van der Waals surface area contributed by atoms with Gasteiger partial charge in [-0.25, -0.2) is 4.39 Å². The molecule has 3 heteroatoms. The van der Waals surface area contributed by atoms with Crippen LogP contribution in [0.5, 0.6) is 5.75 Å². The molecule has 2 rings (SSSR count). The number of hydrogen-bond acceptors (Lipinski definition) is 2. The third-order valence-electron chi connectivity index (χ3n) is 3.01. The van der Waals surface area contributed by atoms with E-state index in [1.165, 1.54) is 11.6 Å². The molecular formula is C16H18FNO. The summed E-state index contributed by atoms with van der Waals surface area (Å²) in [5.41, 5.74) is 6.97. The van der Waals surface area contributed by atoms with Crippen LogP contribution in [0.25, 0.3) is 0 Å². The summed E-state index contributed by atoms with van der Waals surface area (Å²) in [7, 11) is 0. The minimum Gasteiger partial charge on any atom is -0.490 e. The first-order valence-corrected chi connectivity index (χ1v) is 6.41. The SMILES string of the molecule is NCC(COc1ccccc1F)Cc1ccccc1. The van der Waals surface area contributed by atoms with E-state index in [0.717, 1.165) is 6.42 Å². The molecule has 0 aliphatic rings. The first-order chi connectivity index (χ1) is 9.29. The van der Waals surface area contributed by atoms with Crippen molar-refractivity contribution in [3.8, 4) is 5.75 Å². The molecule has 0 spiro atoms. The normalized spacial score (nSPS) is 12.1. The summed E-state index contributed by atoms with van der Waals surface area (Å²) >= 11 is 0. The maximum absolute atomic E-state index is 13.4. The van der Waals surface area contributed by atoms with Crippen molar-refractivity contribution in [2.75, 3.05) is 13.2 Å². The van der Waals surface area contributed by atoms with Gasteiger partial charge >= 0.3 is 0 Å². The second kappa shape index (κ2) is 6.90. The monoisotopic (exact) mass is 259 g/mol. The molecule has 0 aliphatic heterocycles. The lowest BCUT2D eigenvalue weighted by Crippen LogP contribution is -2.23. The molecule has 0 heterocycles. The van der Waals surface area contributed by atoms with Crippen LogP contribution in [0.3, 0.4) is 0 Å². The number of halogens is 1. The lowest BCUT2D eigenvalue weighted by atomic mass is 10.0. The fraction of sp³-hybridized carbons (Fsp3) is 0.250. The fourth-order valence-electron chi connectivity index (χ4n) is 1.93. The van der Waals surface area contributed by atoms with Gasteiger partial charge in [0.1, 0.15) is 0 Å². The van der Waals surface area contributed by atoms with Gasteiger partial charge in [0.05, 0.1) is 6.61 Å². The van der Waals surface area contributed by atoms with Gasteiger partial charge in [-0.1, -0.05) is 42.5 Å². The first-order valence-electron chi connectivity index (χ1n) is 6.41. The number of ether oxygens (including phenoxy) is 1. The Kier molecular flexibility index (Phi) is 4.93. The molecule has 0 fully saturated rings. The van der Waals surface area contributed by atoms with E-state index in [9.17, 15) is 4.39 Å². The molecule has 0 saturated heterocycles. The van der Waals surface area contributed by atoms with Crippen molar-refractivity contribution in [2.24, 2.45) is 11.7 Å². The molecule has 0 saturated carbocycles. The Morgan fingerprint density at radius 3 is 2.37 bits per heavy atom. The van der Waals surface area contributed by atoms with Crippen LogP contribution in [0.15, 0.2) is 54.6 Å². The number of nitrogens with two attached hydrogens (primary N) is 1. The zero-order chi connectivity index (χ0) is 13.5. The number of para-hydroxylation sites is 1. The maximum Gasteiger partial charge on any atom is 0.165 e. The first kappa shape index (κ1) is 13.6. The van der Waals surface area contributed by atoms with Crippen molar-refractivity contribution in [1.29, 1.82) is 0 Å². The molecular weight excluding hydrogens is 241 g/mol. The second-order valence-corrected chi connectivity index (χ2v) is 4.53. The van der Waals surface area contributed by atoms with E-state index in [4.69, 9.17) is 10.5 Å².